The van der Waals surface area contributed by atoms with E-state index in [9.17, 15) is 0 Å². The highest BCUT2D eigenvalue weighted by Crippen LogP contribution is 2.38. The van der Waals surface area contributed by atoms with Crippen LogP contribution in [0.3, 0.4) is 0 Å². The van der Waals surface area contributed by atoms with Crippen LogP contribution in [0.4, 0.5) is 0 Å². The lowest BCUT2D eigenvalue weighted by atomic mass is 10.00. The topological polar surface area (TPSA) is 56.7 Å². The van der Waals surface area contributed by atoms with Gasteiger partial charge in [-0.2, -0.15) is 0 Å². The Morgan fingerprint density at radius 2 is 0.960 bits per heavy atom. The average molecular weight is 646 g/mol. The quantitative estimate of drug-likeness (QED) is 0.187. The number of hydrogen-bond acceptors (Lipinski definition) is 4. The highest BCUT2D eigenvalue weighted by atomic mass is 16.3. The van der Waals surface area contributed by atoms with Crippen LogP contribution in [-0.2, 0) is 0 Å². The summed E-state index contributed by atoms with van der Waals surface area (Å²) in [5.41, 5.74) is 8.19. The Kier molecular flexibility index (Phi) is 5.35. The number of rotatable bonds is 5. The van der Waals surface area contributed by atoms with Gasteiger partial charge in [-0.1, -0.05) is 109 Å². The number of benzene rings is 7. The molecule has 0 fully saturated rings. The number of fused-ring (bicyclic) bond motifs is 6. The molecule has 0 bridgehead atoms. The van der Waals surface area contributed by atoms with E-state index in [0.717, 1.165) is 49.6 Å². The van der Waals surface area contributed by atoms with Gasteiger partial charge in [-0.25, -0.2) is 15.0 Å². The maximum atomic E-state index is 8.63. The summed E-state index contributed by atoms with van der Waals surface area (Å²) in [6.45, 7) is 0. The van der Waals surface area contributed by atoms with Gasteiger partial charge in [0.1, 0.15) is 11.2 Å². The predicted octanol–water partition coefficient (Wildman–Crippen LogP) is 11.5. The SMILES string of the molecule is [2H]c1c([2H])c([2H])c(-c2nc(-c3ccccc3)nc(-c3ccc4oc5ccc(-c6ccc7c(c6)c6ccccc6n7-c6ccccc6)cc5c4c3)n2)c([2H])c1[2H]. The van der Waals surface area contributed by atoms with Crippen LogP contribution < -0.4 is 0 Å². The zero-order valence-electron chi connectivity index (χ0n) is 31.5. The van der Waals surface area contributed by atoms with Crippen LogP contribution in [0.1, 0.15) is 6.85 Å². The van der Waals surface area contributed by atoms with Gasteiger partial charge in [0.25, 0.3) is 0 Å². The molecule has 0 aliphatic heterocycles. The number of nitrogens with zero attached hydrogens (tertiary/aromatic N) is 4. The van der Waals surface area contributed by atoms with Gasteiger partial charge < -0.3 is 8.98 Å². The molecule has 3 aromatic heterocycles. The van der Waals surface area contributed by atoms with Gasteiger partial charge in [-0.3, -0.25) is 0 Å². The first-order valence-electron chi connectivity index (χ1n) is 18.8. The highest BCUT2D eigenvalue weighted by Gasteiger charge is 2.17. The van der Waals surface area contributed by atoms with Gasteiger partial charge in [-0.15, -0.1) is 0 Å². The van der Waals surface area contributed by atoms with Gasteiger partial charge in [-0.05, 0) is 71.8 Å². The van der Waals surface area contributed by atoms with E-state index >= 15 is 0 Å². The minimum Gasteiger partial charge on any atom is -0.456 e. The summed E-state index contributed by atoms with van der Waals surface area (Å²) < 4.78 is 50.5. The molecule has 5 nitrogen and oxygen atoms in total. The maximum absolute atomic E-state index is 8.63. The van der Waals surface area contributed by atoms with Crippen molar-refractivity contribution >= 4 is 43.7 Å². The number of aromatic nitrogens is 4. The lowest BCUT2D eigenvalue weighted by Crippen LogP contribution is -2.00. The fourth-order valence-corrected chi connectivity index (χ4v) is 6.80. The van der Waals surface area contributed by atoms with Crippen molar-refractivity contribution in [2.24, 2.45) is 0 Å². The molecule has 0 atom stereocenters. The van der Waals surface area contributed by atoms with Gasteiger partial charge in [0.05, 0.1) is 17.9 Å². The molecule has 50 heavy (non-hydrogen) atoms. The Hall–Kier alpha value is -6.85. The molecular weight excluding hydrogens is 613 g/mol. The second-order valence-electron chi connectivity index (χ2n) is 12.1. The van der Waals surface area contributed by atoms with Crippen LogP contribution >= 0.6 is 0 Å². The number of para-hydroxylation sites is 2. The fraction of sp³-hybridized carbons (Fsp3) is 0. The first-order chi connectivity index (χ1) is 26.8. The average Bonchev–Trinajstić information content (AvgIpc) is 3.77. The molecule has 0 aliphatic carbocycles. The molecule has 3 heterocycles. The molecule has 0 amide bonds. The van der Waals surface area contributed by atoms with E-state index in [1.807, 2.05) is 60.7 Å². The molecule has 0 N–H and O–H groups in total. The van der Waals surface area contributed by atoms with Crippen molar-refractivity contribution in [3.63, 3.8) is 0 Å². The van der Waals surface area contributed by atoms with E-state index in [0.29, 0.717) is 28.4 Å². The molecule has 10 rings (SSSR count). The second-order valence-corrected chi connectivity index (χ2v) is 12.1. The standard InChI is InChI=1S/C45H28N4O/c1-4-12-29(13-5-1)43-46-44(30-14-6-2-7-15-30)48-45(47-43)33-22-25-42-38(28-33)37-27-32(21-24-41(37)50-42)31-20-23-40-36(26-31)35-18-10-11-19-39(35)49(40)34-16-8-3-9-17-34/h1-28H/i1D,4D,5D,12D,13D. The summed E-state index contributed by atoms with van der Waals surface area (Å²) in [5, 5.41) is 4.12. The van der Waals surface area contributed by atoms with Crippen LogP contribution in [-0.4, -0.2) is 19.5 Å². The van der Waals surface area contributed by atoms with Crippen LogP contribution in [0.25, 0.3) is 94.7 Å². The third-order valence-corrected chi connectivity index (χ3v) is 9.14. The monoisotopic (exact) mass is 645 g/mol. The molecule has 0 unspecified atom stereocenters. The molecule has 0 saturated carbocycles. The highest BCUT2D eigenvalue weighted by molar-refractivity contribution is 6.11. The fourth-order valence-electron chi connectivity index (χ4n) is 6.80. The summed E-state index contributed by atoms with van der Waals surface area (Å²) in [4.78, 5) is 14.2. The molecule has 5 heteroatoms. The van der Waals surface area contributed by atoms with Crippen molar-refractivity contribution < 1.29 is 11.3 Å². The largest absolute Gasteiger partial charge is 0.456 e. The van der Waals surface area contributed by atoms with Crippen molar-refractivity contribution in [2.45, 2.75) is 0 Å². The summed E-state index contributed by atoms with van der Waals surface area (Å²) >= 11 is 0. The first kappa shape index (κ1) is 23.5. The molecule has 10 aromatic rings. The van der Waals surface area contributed by atoms with E-state index in [2.05, 4.69) is 88.4 Å². The molecule has 0 radical (unpaired) electrons. The summed E-state index contributed by atoms with van der Waals surface area (Å²) in [6.07, 6.45) is 0. The van der Waals surface area contributed by atoms with Gasteiger partial charge in [0, 0.05) is 43.9 Å². The minimum absolute atomic E-state index is 0.00991. The number of furan rings is 1. The Morgan fingerprint density at radius 1 is 0.420 bits per heavy atom. The molecule has 234 valence electrons. The van der Waals surface area contributed by atoms with Crippen molar-refractivity contribution in [3.05, 3.63) is 170 Å². The van der Waals surface area contributed by atoms with Gasteiger partial charge in [0.15, 0.2) is 17.5 Å². The Bertz CT molecular complexity index is 3130. The number of hydrogen-bond donors (Lipinski definition) is 0. The van der Waals surface area contributed by atoms with E-state index < -0.39 is 18.1 Å². The molecule has 0 spiro atoms. The lowest BCUT2D eigenvalue weighted by molar-refractivity contribution is 0.669. The van der Waals surface area contributed by atoms with Gasteiger partial charge in [0.2, 0.25) is 0 Å². The zero-order chi connectivity index (χ0) is 37.4. The van der Waals surface area contributed by atoms with E-state index in [4.69, 9.17) is 21.2 Å². The maximum Gasteiger partial charge on any atom is 0.164 e. The summed E-state index contributed by atoms with van der Waals surface area (Å²) in [7, 11) is 0. The van der Waals surface area contributed by atoms with Crippen molar-refractivity contribution in [1.29, 1.82) is 0 Å². The molecule has 0 aliphatic rings. The molecule has 7 aromatic carbocycles. The zero-order valence-corrected chi connectivity index (χ0v) is 26.5. The minimum atomic E-state index is -0.480. The summed E-state index contributed by atoms with van der Waals surface area (Å²) in [5.74, 6) is 0.600. The third kappa shape index (κ3) is 4.67. The van der Waals surface area contributed by atoms with E-state index in [1.165, 1.54) is 5.39 Å². The Morgan fingerprint density at radius 3 is 1.70 bits per heavy atom. The van der Waals surface area contributed by atoms with Crippen molar-refractivity contribution in [2.75, 3.05) is 0 Å². The smallest absolute Gasteiger partial charge is 0.164 e. The van der Waals surface area contributed by atoms with Crippen molar-refractivity contribution in [1.82, 2.24) is 19.5 Å². The van der Waals surface area contributed by atoms with Crippen LogP contribution in [0.5, 0.6) is 0 Å². The van der Waals surface area contributed by atoms with Crippen molar-refractivity contribution in [3.8, 4) is 51.0 Å². The second kappa shape index (κ2) is 11.4. The Balaban J connectivity index is 1.13. The lowest BCUT2D eigenvalue weighted by Gasteiger charge is -2.08. The van der Waals surface area contributed by atoms with Crippen LogP contribution in [0.2, 0.25) is 0 Å². The van der Waals surface area contributed by atoms with E-state index in [-0.39, 0.29) is 23.5 Å². The third-order valence-electron chi connectivity index (χ3n) is 9.14. The normalized spacial score (nSPS) is 13.0. The Labute approximate surface area is 294 Å². The van der Waals surface area contributed by atoms with Crippen LogP contribution in [0, 0.1) is 0 Å². The van der Waals surface area contributed by atoms with Gasteiger partial charge >= 0.3 is 0 Å². The first-order valence-corrected chi connectivity index (χ1v) is 16.3. The molecule has 0 saturated heterocycles. The molecular formula is C45H28N4O. The summed E-state index contributed by atoms with van der Waals surface area (Å²) in [6, 6.07) is 44.6. The van der Waals surface area contributed by atoms with Crippen LogP contribution in [0.15, 0.2) is 174 Å². The predicted molar refractivity (Wildman–Crippen MR) is 203 cm³/mol. The van der Waals surface area contributed by atoms with E-state index in [1.54, 1.807) is 0 Å².